The third-order valence-electron chi connectivity index (χ3n) is 4.81. The van der Waals surface area contributed by atoms with Crippen LogP contribution >= 0.6 is 0 Å². The molecule has 2 saturated heterocycles. The highest BCUT2D eigenvalue weighted by molar-refractivity contribution is 5.70. The predicted molar refractivity (Wildman–Crippen MR) is 82.1 cm³/mol. The number of benzene rings is 1. The molecule has 0 aliphatic carbocycles. The Hall–Kier alpha value is -1.39. The molecule has 2 aliphatic heterocycles. The Kier molecular flexibility index (Phi) is 4.56. The first-order chi connectivity index (χ1) is 10.2. The average molecular weight is 288 g/mol. The van der Waals surface area contributed by atoms with Gasteiger partial charge in [0.05, 0.1) is 5.92 Å². The molecule has 0 radical (unpaired) electrons. The van der Waals surface area contributed by atoms with Crippen LogP contribution in [0.2, 0.25) is 0 Å². The minimum Gasteiger partial charge on any atom is -0.481 e. The van der Waals surface area contributed by atoms with Gasteiger partial charge in [-0.15, -0.1) is 0 Å². The van der Waals surface area contributed by atoms with Gasteiger partial charge in [-0.1, -0.05) is 30.3 Å². The summed E-state index contributed by atoms with van der Waals surface area (Å²) in [7, 11) is 0. The highest BCUT2D eigenvalue weighted by Gasteiger charge is 2.33. The molecule has 0 bridgehead atoms. The van der Waals surface area contributed by atoms with Gasteiger partial charge in [-0.3, -0.25) is 14.6 Å². The normalized spacial score (nSPS) is 27.8. The summed E-state index contributed by atoms with van der Waals surface area (Å²) >= 11 is 0. The molecule has 0 amide bonds. The number of carbonyl (C=O) groups is 1. The van der Waals surface area contributed by atoms with E-state index in [0.717, 1.165) is 45.6 Å². The van der Waals surface area contributed by atoms with Crippen molar-refractivity contribution < 1.29 is 9.90 Å². The zero-order valence-electron chi connectivity index (χ0n) is 12.4. The lowest BCUT2D eigenvalue weighted by Gasteiger charge is -2.35. The largest absolute Gasteiger partial charge is 0.481 e. The molecule has 2 unspecified atom stereocenters. The number of rotatable bonds is 4. The van der Waals surface area contributed by atoms with E-state index in [1.54, 1.807) is 0 Å². The molecule has 114 valence electrons. The summed E-state index contributed by atoms with van der Waals surface area (Å²) in [5.74, 6) is -0.791. The molecule has 0 spiro atoms. The molecule has 21 heavy (non-hydrogen) atoms. The van der Waals surface area contributed by atoms with Crippen molar-refractivity contribution in [2.75, 3.05) is 26.2 Å². The molecule has 3 rings (SSSR count). The van der Waals surface area contributed by atoms with Crippen molar-refractivity contribution in [1.82, 2.24) is 9.80 Å². The molecule has 0 aromatic heterocycles. The summed E-state index contributed by atoms with van der Waals surface area (Å²) in [5.41, 5.74) is 1.36. The number of carboxylic acids is 1. The van der Waals surface area contributed by atoms with E-state index < -0.39 is 5.97 Å². The Bertz CT molecular complexity index is 477. The SMILES string of the molecule is O=C(O)C1CCCN(C2CCN(Cc3ccccc3)C2)C1. The van der Waals surface area contributed by atoms with Gasteiger partial charge in [0.1, 0.15) is 0 Å². The van der Waals surface area contributed by atoms with E-state index in [9.17, 15) is 9.90 Å². The van der Waals surface area contributed by atoms with Crippen LogP contribution in [0.3, 0.4) is 0 Å². The van der Waals surface area contributed by atoms with Crippen molar-refractivity contribution in [2.45, 2.75) is 31.8 Å². The average Bonchev–Trinajstić information content (AvgIpc) is 2.97. The van der Waals surface area contributed by atoms with Gasteiger partial charge in [0.25, 0.3) is 0 Å². The summed E-state index contributed by atoms with van der Waals surface area (Å²) in [5, 5.41) is 9.21. The molecule has 1 N–H and O–H groups in total. The molecule has 4 heteroatoms. The van der Waals surface area contributed by atoms with E-state index in [1.165, 1.54) is 12.0 Å². The van der Waals surface area contributed by atoms with Crippen molar-refractivity contribution in [3.63, 3.8) is 0 Å². The molecule has 2 aliphatic rings. The molecular weight excluding hydrogens is 264 g/mol. The quantitative estimate of drug-likeness (QED) is 0.921. The van der Waals surface area contributed by atoms with Crippen molar-refractivity contribution in [2.24, 2.45) is 5.92 Å². The molecule has 0 saturated carbocycles. The second-order valence-corrected chi connectivity index (χ2v) is 6.34. The predicted octanol–water partition coefficient (Wildman–Crippen LogP) is 2.06. The smallest absolute Gasteiger partial charge is 0.307 e. The number of likely N-dealkylation sites (tertiary alicyclic amines) is 2. The molecule has 1 aromatic carbocycles. The Balaban J connectivity index is 1.53. The minimum atomic E-state index is -0.626. The van der Waals surface area contributed by atoms with Crippen molar-refractivity contribution >= 4 is 5.97 Å². The fourth-order valence-corrected chi connectivity index (χ4v) is 3.64. The maximum Gasteiger partial charge on any atom is 0.307 e. The second-order valence-electron chi connectivity index (χ2n) is 6.34. The maximum absolute atomic E-state index is 11.2. The maximum atomic E-state index is 11.2. The monoisotopic (exact) mass is 288 g/mol. The topological polar surface area (TPSA) is 43.8 Å². The Morgan fingerprint density at radius 2 is 1.95 bits per heavy atom. The number of aliphatic carboxylic acids is 1. The van der Waals surface area contributed by atoms with Crippen LogP contribution in [0.4, 0.5) is 0 Å². The molecule has 2 fully saturated rings. The standard InChI is InChI=1S/C17H24N2O2/c20-17(21)15-7-4-9-19(12-15)16-8-10-18(13-16)11-14-5-2-1-3-6-14/h1-3,5-6,15-16H,4,7-13H2,(H,20,21). The number of hydrogen-bond acceptors (Lipinski definition) is 3. The first-order valence-electron chi connectivity index (χ1n) is 7.95. The van der Waals surface area contributed by atoms with Crippen LogP contribution in [-0.4, -0.2) is 53.1 Å². The summed E-state index contributed by atoms with van der Waals surface area (Å²) in [6.07, 6.45) is 3.03. The summed E-state index contributed by atoms with van der Waals surface area (Å²) in [6, 6.07) is 11.1. The van der Waals surface area contributed by atoms with Crippen LogP contribution in [0.5, 0.6) is 0 Å². The van der Waals surface area contributed by atoms with E-state index in [2.05, 4.69) is 40.1 Å². The fourth-order valence-electron chi connectivity index (χ4n) is 3.64. The number of carboxylic acid groups (broad SMARTS) is 1. The van der Waals surface area contributed by atoms with Gasteiger partial charge in [0.15, 0.2) is 0 Å². The number of hydrogen-bond donors (Lipinski definition) is 1. The van der Waals surface area contributed by atoms with E-state index in [0.29, 0.717) is 6.04 Å². The van der Waals surface area contributed by atoms with Gasteiger partial charge in [0.2, 0.25) is 0 Å². The molecular formula is C17H24N2O2. The lowest BCUT2D eigenvalue weighted by atomic mass is 9.96. The molecule has 4 nitrogen and oxygen atoms in total. The van der Waals surface area contributed by atoms with Crippen molar-refractivity contribution in [1.29, 1.82) is 0 Å². The van der Waals surface area contributed by atoms with Crippen LogP contribution in [0.25, 0.3) is 0 Å². The number of piperidine rings is 1. The van der Waals surface area contributed by atoms with Gasteiger partial charge in [0, 0.05) is 32.2 Å². The Morgan fingerprint density at radius 1 is 1.14 bits per heavy atom. The van der Waals surface area contributed by atoms with Gasteiger partial charge < -0.3 is 5.11 Å². The zero-order valence-corrected chi connectivity index (χ0v) is 12.4. The second kappa shape index (κ2) is 6.58. The fraction of sp³-hybridized carbons (Fsp3) is 0.588. The highest BCUT2D eigenvalue weighted by Crippen LogP contribution is 2.24. The van der Waals surface area contributed by atoms with E-state index >= 15 is 0 Å². The van der Waals surface area contributed by atoms with Gasteiger partial charge >= 0.3 is 5.97 Å². The minimum absolute atomic E-state index is 0.165. The summed E-state index contributed by atoms with van der Waals surface area (Å²) in [6.45, 7) is 5.00. The van der Waals surface area contributed by atoms with Crippen LogP contribution < -0.4 is 0 Å². The molecule has 1 aromatic rings. The third kappa shape index (κ3) is 3.63. The summed E-state index contributed by atoms with van der Waals surface area (Å²) < 4.78 is 0. The highest BCUT2D eigenvalue weighted by atomic mass is 16.4. The van der Waals surface area contributed by atoms with Gasteiger partial charge in [-0.25, -0.2) is 0 Å². The van der Waals surface area contributed by atoms with Crippen molar-refractivity contribution in [3.8, 4) is 0 Å². The zero-order chi connectivity index (χ0) is 14.7. The lowest BCUT2D eigenvalue weighted by molar-refractivity contribution is -0.143. The van der Waals surface area contributed by atoms with Crippen LogP contribution in [-0.2, 0) is 11.3 Å². The molecule has 2 atom stereocenters. The summed E-state index contributed by atoms with van der Waals surface area (Å²) in [4.78, 5) is 16.1. The molecule has 2 heterocycles. The van der Waals surface area contributed by atoms with E-state index in [4.69, 9.17) is 0 Å². The van der Waals surface area contributed by atoms with Gasteiger partial charge in [-0.2, -0.15) is 0 Å². The van der Waals surface area contributed by atoms with Crippen molar-refractivity contribution in [3.05, 3.63) is 35.9 Å². The Morgan fingerprint density at radius 3 is 2.71 bits per heavy atom. The lowest BCUT2D eigenvalue weighted by Crippen LogP contribution is -2.45. The van der Waals surface area contributed by atoms with Crippen LogP contribution in [0.1, 0.15) is 24.8 Å². The van der Waals surface area contributed by atoms with E-state index in [1.807, 2.05) is 0 Å². The first kappa shape index (κ1) is 14.5. The third-order valence-corrected chi connectivity index (χ3v) is 4.81. The first-order valence-corrected chi connectivity index (χ1v) is 7.95. The van der Waals surface area contributed by atoms with E-state index in [-0.39, 0.29) is 5.92 Å². The van der Waals surface area contributed by atoms with Crippen LogP contribution in [0, 0.1) is 5.92 Å². The Labute approximate surface area is 126 Å². The van der Waals surface area contributed by atoms with Gasteiger partial charge in [-0.05, 0) is 31.4 Å². The number of nitrogens with zero attached hydrogens (tertiary/aromatic N) is 2. The van der Waals surface area contributed by atoms with Crippen LogP contribution in [0.15, 0.2) is 30.3 Å².